The Hall–Kier alpha value is -2.74. The summed E-state index contributed by atoms with van der Waals surface area (Å²) < 4.78 is 0. The fourth-order valence-corrected chi connectivity index (χ4v) is 1.85. The molecular formula is C18H18N2. The maximum Gasteiger partial charge on any atom is -0.00564 e. The van der Waals surface area contributed by atoms with Gasteiger partial charge in [0.05, 0.1) is 0 Å². The summed E-state index contributed by atoms with van der Waals surface area (Å²) in [5.74, 6) is 0. The number of nitrogens with two attached hydrogens (primary N) is 2. The average Bonchev–Trinajstić information content (AvgIpc) is 2.49. The van der Waals surface area contributed by atoms with Crippen LogP contribution in [0.1, 0.15) is 22.3 Å². The van der Waals surface area contributed by atoms with E-state index in [1.165, 1.54) is 0 Å². The second-order valence-corrected chi connectivity index (χ2v) is 4.38. The second-order valence-electron chi connectivity index (χ2n) is 4.38. The Labute approximate surface area is 119 Å². The summed E-state index contributed by atoms with van der Waals surface area (Å²) in [6.07, 6.45) is 11.0. The van der Waals surface area contributed by atoms with Crippen molar-refractivity contribution >= 4 is 24.3 Å². The topological polar surface area (TPSA) is 52.0 Å². The van der Waals surface area contributed by atoms with Crippen molar-refractivity contribution in [1.29, 1.82) is 0 Å². The van der Waals surface area contributed by atoms with E-state index in [1.54, 1.807) is 12.4 Å². The van der Waals surface area contributed by atoms with E-state index in [-0.39, 0.29) is 0 Å². The molecule has 2 aromatic carbocycles. The highest BCUT2D eigenvalue weighted by Gasteiger charge is 1.90. The molecule has 0 radical (unpaired) electrons. The van der Waals surface area contributed by atoms with Gasteiger partial charge in [0.25, 0.3) is 0 Å². The maximum absolute atomic E-state index is 5.36. The SMILES string of the molecule is N/C=C\c1ccc(/C=C\c2ccc(/C=C\N)cc2)cc1. The molecule has 100 valence electrons. The molecule has 0 amide bonds. The van der Waals surface area contributed by atoms with E-state index < -0.39 is 0 Å². The number of hydrogen-bond acceptors (Lipinski definition) is 2. The van der Waals surface area contributed by atoms with Crippen LogP contribution < -0.4 is 11.5 Å². The van der Waals surface area contributed by atoms with Gasteiger partial charge in [0.15, 0.2) is 0 Å². The van der Waals surface area contributed by atoms with Crippen molar-refractivity contribution in [3.05, 3.63) is 83.2 Å². The summed E-state index contributed by atoms with van der Waals surface area (Å²) in [4.78, 5) is 0. The molecule has 0 saturated carbocycles. The van der Waals surface area contributed by atoms with E-state index in [0.717, 1.165) is 22.3 Å². The second kappa shape index (κ2) is 7.00. The molecule has 0 bridgehead atoms. The van der Waals surface area contributed by atoms with Gasteiger partial charge < -0.3 is 11.5 Å². The van der Waals surface area contributed by atoms with Crippen LogP contribution in [-0.2, 0) is 0 Å². The minimum absolute atomic E-state index is 1.10. The van der Waals surface area contributed by atoms with E-state index in [2.05, 4.69) is 36.4 Å². The van der Waals surface area contributed by atoms with Crippen LogP contribution in [0.25, 0.3) is 24.3 Å². The molecule has 0 unspecified atom stereocenters. The zero-order valence-electron chi connectivity index (χ0n) is 11.2. The Balaban J connectivity index is 2.08. The highest BCUT2D eigenvalue weighted by Crippen LogP contribution is 2.12. The summed E-state index contributed by atoms with van der Waals surface area (Å²) in [5, 5.41) is 0. The minimum atomic E-state index is 1.10. The molecule has 0 aliphatic heterocycles. The van der Waals surface area contributed by atoms with Crippen LogP contribution in [0.2, 0.25) is 0 Å². The molecule has 2 aromatic rings. The van der Waals surface area contributed by atoms with Crippen molar-refractivity contribution in [3.8, 4) is 0 Å². The molecular weight excluding hydrogens is 244 g/mol. The molecule has 0 aliphatic rings. The first-order valence-electron chi connectivity index (χ1n) is 6.46. The van der Waals surface area contributed by atoms with E-state index in [4.69, 9.17) is 11.5 Å². The van der Waals surface area contributed by atoms with Gasteiger partial charge in [0, 0.05) is 0 Å². The Bertz CT molecular complexity index is 560. The fourth-order valence-electron chi connectivity index (χ4n) is 1.85. The predicted molar refractivity (Wildman–Crippen MR) is 88.3 cm³/mol. The number of rotatable bonds is 4. The Morgan fingerprint density at radius 3 is 0.950 bits per heavy atom. The fraction of sp³-hybridized carbons (Fsp3) is 0. The third-order valence-corrected chi connectivity index (χ3v) is 2.92. The molecule has 20 heavy (non-hydrogen) atoms. The van der Waals surface area contributed by atoms with Gasteiger partial charge in [-0.1, -0.05) is 60.7 Å². The zero-order chi connectivity index (χ0) is 14.2. The van der Waals surface area contributed by atoms with Crippen LogP contribution >= 0.6 is 0 Å². The van der Waals surface area contributed by atoms with Gasteiger partial charge in [-0.3, -0.25) is 0 Å². The number of hydrogen-bond donors (Lipinski definition) is 2. The van der Waals surface area contributed by atoms with Crippen LogP contribution in [0.3, 0.4) is 0 Å². The first kappa shape index (κ1) is 13.7. The third-order valence-electron chi connectivity index (χ3n) is 2.92. The van der Waals surface area contributed by atoms with Crippen molar-refractivity contribution in [2.75, 3.05) is 0 Å². The molecule has 0 atom stereocenters. The first-order chi connectivity index (χ1) is 9.81. The van der Waals surface area contributed by atoms with Crippen LogP contribution in [0.5, 0.6) is 0 Å². The Morgan fingerprint density at radius 2 is 0.700 bits per heavy atom. The summed E-state index contributed by atoms with van der Waals surface area (Å²) >= 11 is 0. The summed E-state index contributed by atoms with van der Waals surface area (Å²) in [5.41, 5.74) is 15.2. The smallest absolute Gasteiger partial charge is 0.00564 e. The van der Waals surface area contributed by atoms with Crippen molar-refractivity contribution in [1.82, 2.24) is 0 Å². The van der Waals surface area contributed by atoms with Crippen LogP contribution in [0.15, 0.2) is 60.9 Å². The summed E-state index contributed by atoms with van der Waals surface area (Å²) in [7, 11) is 0. The molecule has 4 N–H and O–H groups in total. The highest BCUT2D eigenvalue weighted by molar-refractivity contribution is 5.70. The van der Waals surface area contributed by atoms with Gasteiger partial charge in [-0.05, 0) is 46.8 Å². The zero-order valence-corrected chi connectivity index (χ0v) is 11.2. The van der Waals surface area contributed by atoms with E-state index >= 15 is 0 Å². The Morgan fingerprint density at radius 1 is 0.450 bits per heavy atom. The molecule has 2 rings (SSSR count). The molecule has 2 heteroatoms. The minimum Gasteiger partial charge on any atom is -0.405 e. The highest BCUT2D eigenvalue weighted by atomic mass is 14.5. The van der Waals surface area contributed by atoms with E-state index in [9.17, 15) is 0 Å². The molecule has 0 aliphatic carbocycles. The van der Waals surface area contributed by atoms with Crippen LogP contribution in [-0.4, -0.2) is 0 Å². The largest absolute Gasteiger partial charge is 0.405 e. The predicted octanol–water partition coefficient (Wildman–Crippen LogP) is 3.72. The van der Waals surface area contributed by atoms with E-state index in [0.29, 0.717) is 0 Å². The van der Waals surface area contributed by atoms with Crippen molar-refractivity contribution in [2.45, 2.75) is 0 Å². The van der Waals surface area contributed by atoms with Gasteiger partial charge in [-0.2, -0.15) is 0 Å². The summed E-state index contributed by atoms with van der Waals surface area (Å²) in [6.45, 7) is 0. The molecule has 0 saturated heterocycles. The van der Waals surface area contributed by atoms with Crippen LogP contribution in [0.4, 0.5) is 0 Å². The van der Waals surface area contributed by atoms with Gasteiger partial charge in [0.1, 0.15) is 0 Å². The average molecular weight is 262 g/mol. The van der Waals surface area contributed by atoms with Crippen molar-refractivity contribution < 1.29 is 0 Å². The first-order valence-corrected chi connectivity index (χ1v) is 6.46. The molecule has 0 fully saturated rings. The van der Waals surface area contributed by atoms with Gasteiger partial charge in [-0.25, -0.2) is 0 Å². The quantitative estimate of drug-likeness (QED) is 0.825. The lowest BCUT2D eigenvalue weighted by atomic mass is 10.1. The normalized spacial score (nSPS) is 11.8. The molecule has 0 spiro atoms. The lowest BCUT2D eigenvalue weighted by Gasteiger charge is -1.97. The lowest BCUT2D eigenvalue weighted by Crippen LogP contribution is -1.79. The maximum atomic E-state index is 5.36. The van der Waals surface area contributed by atoms with Gasteiger partial charge in [0.2, 0.25) is 0 Å². The molecule has 0 heterocycles. The molecule has 2 nitrogen and oxygen atoms in total. The summed E-state index contributed by atoms with van der Waals surface area (Å²) in [6, 6.07) is 16.4. The lowest BCUT2D eigenvalue weighted by molar-refractivity contribution is 1.58. The van der Waals surface area contributed by atoms with Crippen LogP contribution in [0, 0.1) is 0 Å². The Kier molecular flexibility index (Phi) is 4.79. The monoisotopic (exact) mass is 262 g/mol. The van der Waals surface area contributed by atoms with Crippen molar-refractivity contribution in [3.63, 3.8) is 0 Å². The van der Waals surface area contributed by atoms with E-state index in [1.807, 2.05) is 36.4 Å². The standard InChI is InChI=1S/C18H18N2/c19-13-11-17-7-3-15(4-8-17)1-2-16-5-9-18(10-6-16)12-14-20/h1-14H,19-20H2/b2-1-,13-11-,14-12-. The molecule has 0 aromatic heterocycles. The van der Waals surface area contributed by atoms with Gasteiger partial charge in [-0.15, -0.1) is 0 Å². The van der Waals surface area contributed by atoms with Crippen molar-refractivity contribution in [2.24, 2.45) is 11.5 Å². The third kappa shape index (κ3) is 3.89. The van der Waals surface area contributed by atoms with Gasteiger partial charge >= 0.3 is 0 Å². The number of benzene rings is 2.